The van der Waals surface area contributed by atoms with Gasteiger partial charge < -0.3 is 10.6 Å². The van der Waals surface area contributed by atoms with Crippen molar-refractivity contribution < 1.29 is 0 Å². The topological polar surface area (TPSA) is 65.5 Å². The molecule has 0 fully saturated rings. The molecule has 3 N–H and O–H groups in total. The smallest absolute Gasteiger partial charge is 0.159 e. The quantitative estimate of drug-likeness (QED) is 0.527. The van der Waals surface area contributed by atoms with Crippen molar-refractivity contribution in [1.82, 2.24) is 4.90 Å². The van der Waals surface area contributed by atoms with Gasteiger partial charge in [-0.05, 0) is 0 Å². The lowest BCUT2D eigenvalue weighted by Crippen LogP contribution is -2.18. The van der Waals surface area contributed by atoms with E-state index in [1.807, 2.05) is 19.0 Å². The highest BCUT2D eigenvalue weighted by Gasteiger charge is 2.20. The number of rotatable bonds is 2. The summed E-state index contributed by atoms with van der Waals surface area (Å²) >= 11 is 3.15. The van der Waals surface area contributed by atoms with Gasteiger partial charge in [-0.1, -0.05) is 23.5 Å². The van der Waals surface area contributed by atoms with E-state index >= 15 is 0 Å². The van der Waals surface area contributed by atoms with Crippen LogP contribution >= 0.6 is 23.5 Å². The maximum absolute atomic E-state index is 7.08. The first-order chi connectivity index (χ1) is 6.09. The second-order valence-corrected chi connectivity index (χ2v) is 5.26. The molecule has 6 heteroatoms. The van der Waals surface area contributed by atoms with Gasteiger partial charge in [0.15, 0.2) is 10.3 Å². The van der Waals surface area contributed by atoms with Crippen LogP contribution in [0.3, 0.4) is 0 Å². The van der Waals surface area contributed by atoms with E-state index in [9.17, 15) is 0 Å². The summed E-state index contributed by atoms with van der Waals surface area (Å²) in [5, 5.41) is 8.83. The molecule has 0 aromatic carbocycles. The van der Waals surface area contributed by atoms with E-state index in [1.54, 1.807) is 11.8 Å². The summed E-state index contributed by atoms with van der Waals surface area (Å²) in [6, 6.07) is 0. The molecule has 0 aromatic rings. The Labute approximate surface area is 86.8 Å². The molecule has 74 valence electrons. The number of nitrogens with zero attached hydrogens (tertiary/aromatic N) is 2. The van der Waals surface area contributed by atoms with Crippen molar-refractivity contribution in [2.45, 2.75) is 5.25 Å². The Morgan fingerprint density at radius 3 is 3.00 bits per heavy atom. The molecule has 0 aliphatic carbocycles. The van der Waals surface area contributed by atoms with Crippen molar-refractivity contribution >= 4 is 33.9 Å². The van der Waals surface area contributed by atoms with Crippen LogP contribution in [0.4, 0.5) is 0 Å². The van der Waals surface area contributed by atoms with Gasteiger partial charge in [-0.3, -0.25) is 10.4 Å². The number of hydrogen-bond donors (Lipinski definition) is 2. The summed E-state index contributed by atoms with van der Waals surface area (Å²) in [5.74, 6) is 0.876. The summed E-state index contributed by atoms with van der Waals surface area (Å²) in [6.07, 6.45) is 0. The van der Waals surface area contributed by atoms with Gasteiger partial charge in [-0.15, -0.1) is 0 Å². The molecule has 1 rings (SSSR count). The van der Waals surface area contributed by atoms with Crippen LogP contribution in [0.25, 0.3) is 0 Å². The molecule has 0 spiro atoms. The molecule has 0 radical (unpaired) electrons. The van der Waals surface area contributed by atoms with Crippen LogP contribution in [0.2, 0.25) is 0 Å². The van der Waals surface area contributed by atoms with Gasteiger partial charge in [0.25, 0.3) is 0 Å². The summed E-state index contributed by atoms with van der Waals surface area (Å²) < 4.78 is 0. The minimum atomic E-state index is 0.193. The normalized spacial score (nSPS) is 21.4. The minimum absolute atomic E-state index is 0.193. The lowest BCUT2D eigenvalue weighted by Gasteiger charge is -2.12. The third kappa shape index (κ3) is 3.48. The highest BCUT2D eigenvalue weighted by molar-refractivity contribution is 8.17. The van der Waals surface area contributed by atoms with Gasteiger partial charge in [-0.25, -0.2) is 0 Å². The lowest BCUT2D eigenvalue weighted by atomic mass is 10.5. The first-order valence-corrected chi connectivity index (χ1v) is 5.81. The Hall–Kier alpha value is -0.360. The van der Waals surface area contributed by atoms with Gasteiger partial charge in [0.05, 0.1) is 6.54 Å². The van der Waals surface area contributed by atoms with Gasteiger partial charge in [-0.2, -0.15) is 0 Å². The zero-order valence-corrected chi connectivity index (χ0v) is 9.41. The van der Waals surface area contributed by atoms with E-state index in [4.69, 9.17) is 11.1 Å². The predicted octanol–water partition coefficient (Wildman–Crippen LogP) is 0.646. The van der Waals surface area contributed by atoms with E-state index in [1.165, 1.54) is 11.8 Å². The van der Waals surface area contributed by atoms with Crippen LogP contribution < -0.4 is 5.73 Å². The SMILES string of the molecule is CN(C)C1=NC[C@H](CSC(=N)N)S1. The number of aliphatic imine (C=N–C) groups is 1. The van der Waals surface area contributed by atoms with Gasteiger partial charge in [0, 0.05) is 25.1 Å². The highest BCUT2D eigenvalue weighted by Crippen LogP contribution is 2.24. The Bertz CT molecular complexity index is 227. The van der Waals surface area contributed by atoms with Crippen LogP contribution in [0.1, 0.15) is 0 Å². The standard InChI is InChI=1S/C7H14N4S2/c1-11(2)7-10-3-5(13-7)4-12-6(8)9/h5H,3-4H2,1-2H3,(H3,8,9)/t5-/m1/s1. The largest absolute Gasteiger partial charge is 0.379 e. The monoisotopic (exact) mass is 218 g/mol. The Balaban J connectivity index is 2.25. The number of thioether (sulfide) groups is 2. The fraction of sp³-hybridized carbons (Fsp3) is 0.714. The van der Waals surface area contributed by atoms with E-state index < -0.39 is 0 Å². The third-order valence-corrected chi connectivity index (χ3v) is 3.95. The highest BCUT2D eigenvalue weighted by atomic mass is 32.2. The molecule has 0 saturated carbocycles. The number of hydrogen-bond acceptors (Lipinski definition) is 5. The first kappa shape index (κ1) is 10.7. The van der Waals surface area contributed by atoms with Gasteiger partial charge in [0.2, 0.25) is 0 Å². The van der Waals surface area contributed by atoms with Gasteiger partial charge in [0.1, 0.15) is 0 Å². The van der Waals surface area contributed by atoms with E-state index in [0.717, 1.165) is 17.5 Å². The molecule has 13 heavy (non-hydrogen) atoms. The maximum atomic E-state index is 7.08. The molecule has 4 nitrogen and oxygen atoms in total. The molecule has 1 aliphatic rings. The zero-order chi connectivity index (χ0) is 9.84. The summed E-state index contributed by atoms with van der Waals surface area (Å²) in [4.78, 5) is 6.39. The molecule has 0 amide bonds. The van der Waals surface area contributed by atoms with Crippen molar-refractivity contribution in [2.24, 2.45) is 10.7 Å². The molecule has 1 aliphatic heterocycles. The number of amidine groups is 2. The maximum Gasteiger partial charge on any atom is 0.159 e. The van der Waals surface area contributed by atoms with Crippen molar-refractivity contribution in [3.05, 3.63) is 0 Å². The molecule has 0 unspecified atom stereocenters. The van der Waals surface area contributed by atoms with Crippen molar-refractivity contribution in [2.75, 3.05) is 26.4 Å². The Kier molecular flexibility index (Phi) is 3.92. The molecule has 1 heterocycles. The second-order valence-electron chi connectivity index (χ2n) is 2.93. The van der Waals surface area contributed by atoms with Crippen LogP contribution in [0.5, 0.6) is 0 Å². The summed E-state index contributed by atoms with van der Waals surface area (Å²) in [6.45, 7) is 0.846. The summed E-state index contributed by atoms with van der Waals surface area (Å²) in [7, 11) is 3.98. The minimum Gasteiger partial charge on any atom is -0.379 e. The van der Waals surface area contributed by atoms with Crippen molar-refractivity contribution in [3.8, 4) is 0 Å². The van der Waals surface area contributed by atoms with Crippen LogP contribution in [0.15, 0.2) is 4.99 Å². The molecule has 0 saturated heterocycles. The van der Waals surface area contributed by atoms with Gasteiger partial charge >= 0.3 is 0 Å². The lowest BCUT2D eigenvalue weighted by molar-refractivity contribution is 0.635. The third-order valence-electron chi connectivity index (χ3n) is 1.51. The Morgan fingerprint density at radius 1 is 1.85 bits per heavy atom. The second kappa shape index (κ2) is 4.76. The fourth-order valence-electron chi connectivity index (χ4n) is 0.920. The van der Waals surface area contributed by atoms with Crippen molar-refractivity contribution in [1.29, 1.82) is 5.41 Å². The average molecular weight is 218 g/mol. The van der Waals surface area contributed by atoms with E-state index in [-0.39, 0.29) is 5.17 Å². The molecular formula is C7H14N4S2. The summed E-state index contributed by atoms with van der Waals surface area (Å²) in [5.41, 5.74) is 5.25. The Morgan fingerprint density at radius 2 is 2.54 bits per heavy atom. The zero-order valence-electron chi connectivity index (χ0n) is 7.78. The van der Waals surface area contributed by atoms with E-state index in [0.29, 0.717) is 5.25 Å². The van der Waals surface area contributed by atoms with E-state index in [2.05, 4.69) is 4.99 Å². The van der Waals surface area contributed by atoms with Crippen LogP contribution in [-0.4, -0.2) is 46.9 Å². The van der Waals surface area contributed by atoms with Crippen molar-refractivity contribution in [3.63, 3.8) is 0 Å². The molecule has 1 atom stereocenters. The fourth-order valence-corrected chi connectivity index (χ4v) is 2.67. The molecular weight excluding hydrogens is 204 g/mol. The first-order valence-electron chi connectivity index (χ1n) is 3.95. The predicted molar refractivity (Wildman–Crippen MR) is 61.7 cm³/mol. The number of nitrogens with one attached hydrogen (secondary N) is 1. The average Bonchev–Trinajstić information content (AvgIpc) is 2.48. The number of nitrogens with two attached hydrogens (primary N) is 1. The molecule has 0 bridgehead atoms. The molecule has 0 aromatic heterocycles. The van der Waals surface area contributed by atoms with Crippen LogP contribution in [0, 0.1) is 5.41 Å². The van der Waals surface area contributed by atoms with Crippen LogP contribution in [-0.2, 0) is 0 Å².